The van der Waals surface area contributed by atoms with E-state index < -0.39 is 0 Å². The average Bonchev–Trinajstić information content (AvgIpc) is 3.21. The minimum atomic E-state index is -0.213. The first kappa shape index (κ1) is 25.8. The molecule has 0 radical (unpaired) electrons. The number of hydrogen-bond donors (Lipinski definition) is 1. The number of hydrogen-bond acceptors (Lipinski definition) is 3. The first-order valence-electron chi connectivity index (χ1n) is 10.7. The molecular weight excluding hydrogens is 488 g/mol. The van der Waals surface area contributed by atoms with Crippen LogP contribution in [-0.2, 0) is 17.8 Å². The third kappa shape index (κ3) is 5.15. The van der Waals surface area contributed by atoms with Gasteiger partial charge in [-0.1, -0.05) is 35.3 Å². The first-order chi connectivity index (χ1) is 15.4. The van der Waals surface area contributed by atoms with Crippen molar-refractivity contribution in [2.75, 3.05) is 26.8 Å². The number of methoxy groups -OCH3 is 1. The van der Waals surface area contributed by atoms with Crippen LogP contribution in [-0.4, -0.2) is 42.2 Å². The molecular formula is C24H27Cl3FN3O2. The minimum Gasteiger partial charge on any atom is -0.383 e. The number of aromatic nitrogens is 1. The van der Waals surface area contributed by atoms with Crippen LogP contribution in [0.1, 0.15) is 40.2 Å². The number of piperidine rings is 1. The molecule has 1 aliphatic heterocycles. The Morgan fingerprint density at radius 1 is 1.18 bits per heavy atom. The molecule has 1 saturated heterocycles. The van der Waals surface area contributed by atoms with E-state index in [0.29, 0.717) is 72.2 Å². The number of benzene rings is 2. The van der Waals surface area contributed by atoms with Crippen LogP contribution in [0.25, 0.3) is 10.9 Å². The number of carbonyl (C=O) groups is 1. The largest absolute Gasteiger partial charge is 0.383 e. The maximum absolute atomic E-state index is 14.4. The maximum atomic E-state index is 14.4. The van der Waals surface area contributed by atoms with Crippen LogP contribution in [0.5, 0.6) is 0 Å². The predicted molar refractivity (Wildman–Crippen MR) is 133 cm³/mol. The van der Waals surface area contributed by atoms with Crippen LogP contribution in [0.4, 0.5) is 4.39 Å². The van der Waals surface area contributed by atoms with E-state index in [1.807, 2.05) is 15.5 Å². The van der Waals surface area contributed by atoms with Crippen molar-refractivity contribution in [1.29, 1.82) is 0 Å². The number of nitrogens with two attached hydrogens (primary N) is 1. The Hall–Kier alpha value is -1.83. The molecule has 5 nitrogen and oxygen atoms in total. The van der Waals surface area contributed by atoms with Crippen LogP contribution in [0.2, 0.25) is 10.0 Å². The van der Waals surface area contributed by atoms with Crippen molar-refractivity contribution in [3.63, 3.8) is 0 Å². The smallest absolute Gasteiger partial charge is 0.256 e. The van der Waals surface area contributed by atoms with Crippen molar-refractivity contribution in [2.24, 2.45) is 5.73 Å². The Kier molecular flexibility index (Phi) is 8.65. The summed E-state index contributed by atoms with van der Waals surface area (Å²) in [7, 11) is 1.63. The van der Waals surface area contributed by atoms with E-state index >= 15 is 0 Å². The van der Waals surface area contributed by atoms with Gasteiger partial charge in [0.05, 0.1) is 27.7 Å². The Bertz CT molecular complexity index is 1140. The summed E-state index contributed by atoms with van der Waals surface area (Å²) in [5.74, 6) is -0.244. The highest BCUT2D eigenvalue weighted by Gasteiger charge is 2.29. The van der Waals surface area contributed by atoms with Crippen molar-refractivity contribution in [2.45, 2.75) is 31.8 Å². The number of amides is 1. The summed E-state index contributed by atoms with van der Waals surface area (Å²) in [4.78, 5) is 15.3. The molecule has 9 heteroatoms. The van der Waals surface area contributed by atoms with Crippen LogP contribution in [0.3, 0.4) is 0 Å². The third-order valence-corrected chi connectivity index (χ3v) is 6.82. The van der Waals surface area contributed by atoms with Gasteiger partial charge in [-0.25, -0.2) is 4.39 Å². The fourth-order valence-electron chi connectivity index (χ4n) is 4.49. The van der Waals surface area contributed by atoms with E-state index in [1.165, 1.54) is 6.07 Å². The summed E-state index contributed by atoms with van der Waals surface area (Å²) in [5, 5.41) is 1.68. The second kappa shape index (κ2) is 11.1. The van der Waals surface area contributed by atoms with Crippen molar-refractivity contribution < 1.29 is 13.9 Å². The lowest BCUT2D eigenvalue weighted by atomic mass is 9.88. The highest BCUT2D eigenvalue weighted by Crippen LogP contribution is 2.36. The second-order valence-corrected chi connectivity index (χ2v) is 8.92. The van der Waals surface area contributed by atoms with Gasteiger partial charge in [0.1, 0.15) is 5.82 Å². The van der Waals surface area contributed by atoms with Gasteiger partial charge in [-0.2, -0.15) is 0 Å². The molecule has 4 rings (SSSR count). The number of likely N-dealkylation sites (tertiary alicyclic amines) is 1. The fraction of sp³-hybridized carbons (Fsp3) is 0.375. The van der Waals surface area contributed by atoms with E-state index in [9.17, 15) is 9.18 Å². The number of fused-ring (bicyclic) bond motifs is 1. The lowest BCUT2D eigenvalue weighted by Crippen LogP contribution is -2.38. The SMILES string of the molecule is COCCn1cc(C(=O)N2CCC(c3cc(CN)ccc3F)CC2)c2c(Cl)ccc(Cl)c21.Cl. The highest BCUT2D eigenvalue weighted by atomic mass is 35.5. The van der Waals surface area contributed by atoms with Gasteiger partial charge >= 0.3 is 0 Å². The van der Waals surface area contributed by atoms with Gasteiger partial charge < -0.3 is 19.9 Å². The quantitative estimate of drug-likeness (QED) is 0.463. The Morgan fingerprint density at radius 2 is 1.88 bits per heavy atom. The molecule has 0 atom stereocenters. The lowest BCUT2D eigenvalue weighted by molar-refractivity contribution is 0.0714. The van der Waals surface area contributed by atoms with Crippen molar-refractivity contribution in [1.82, 2.24) is 9.47 Å². The van der Waals surface area contributed by atoms with Gasteiger partial charge in [0.25, 0.3) is 5.91 Å². The van der Waals surface area contributed by atoms with Crippen LogP contribution in [0, 0.1) is 5.82 Å². The molecule has 1 amide bonds. The molecule has 0 aliphatic carbocycles. The Balaban J connectivity index is 0.00000306. The summed E-state index contributed by atoms with van der Waals surface area (Å²) in [6, 6.07) is 8.49. The fourth-order valence-corrected chi connectivity index (χ4v) is 5.01. The molecule has 3 aromatic rings. The normalized spacial score (nSPS) is 14.5. The van der Waals surface area contributed by atoms with E-state index in [0.717, 1.165) is 11.1 Å². The van der Waals surface area contributed by atoms with Crippen molar-refractivity contribution >= 4 is 52.4 Å². The second-order valence-electron chi connectivity index (χ2n) is 8.11. The summed E-state index contributed by atoms with van der Waals surface area (Å²) in [5.41, 5.74) is 8.58. The van der Waals surface area contributed by atoms with Crippen LogP contribution in [0.15, 0.2) is 36.5 Å². The summed E-state index contributed by atoms with van der Waals surface area (Å²) in [6.07, 6.45) is 3.18. The number of nitrogens with zero attached hydrogens (tertiary/aromatic N) is 2. The highest BCUT2D eigenvalue weighted by molar-refractivity contribution is 6.41. The molecule has 2 N–H and O–H groups in total. The molecule has 0 spiro atoms. The minimum absolute atomic E-state index is 0. The molecule has 1 aromatic heterocycles. The van der Waals surface area contributed by atoms with Gasteiger partial charge in [0.15, 0.2) is 0 Å². The molecule has 178 valence electrons. The molecule has 1 fully saturated rings. The number of carbonyl (C=O) groups excluding carboxylic acids is 1. The monoisotopic (exact) mass is 513 g/mol. The van der Waals surface area contributed by atoms with E-state index in [2.05, 4.69) is 0 Å². The lowest BCUT2D eigenvalue weighted by Gasteiger charge is -2.32. The van der Waals surface area contributed by atoms with Gasteiger partial charge in [-0.15, -0.1) is 12.4 Å². The van der Waals surface area contributed by atoms with Crippen LogP contribution >= 0.6 is 35.6 Å². The molecule has 1 aliphatic rings. The van der Waals surface area contributed by atoms with Crippen molar-refractivity contribution in [3.8, 4) is 0 Å². The number of rotatable bonds is 6. The summed E-state index contributed by atoms with van der Waals surface area (Å²) in [6.45, 7) is 2.50. The van der Waals surface area contributed by atoms with Gasteiger partial charge in [-0.05, 0) is 48.1 Å². The predicted octanol–water partition coefficient (Wildman–Crippen LogP) is 5.63. The van der Waals surface area contributed by atoms with Gasteiger partial charge in [0.2, 0.25) is 0 Å². The topological polar surface area (TPSA) is 60.5 Å². The molecule has 0 bridgehead atoms. The zero-order valence-electron chi connectivity index (χ0n) is 18.3. The standard InChI is InChI=1S/C24H26Cl2FN3O2.ClH/c1-32-11-10-30-14-18(22-19(25)3-4-20(26)23(22)30)24(31)29-8-6-16(7-9-29)17-12-15(13-28)2-5-21(17)27;/h2-5,12,14,16H,6-11,13,28H2,1H3;1H. The van der Waals surface area contributed by atoms with E-state index in [4.69, 9.17) is 33.7 Å². The maximum Gasteiger partial charge on any atom is 0.256 e. The Labute approximate surface area is 209 Å². The summed E-state index contributed by atoms with van der Waals surface area (Å²) >= 11 is 12.9. The van der Waals surface area contributed by atoms with E-state index in [-0.39, 0.29) is 30.0 Å². The first-order valence-corrected chi connectivity index (χ1v) is 11.4. The molecule has 2 heterocycles. The molecule has 0 unspecified atom stereocenters. The van der Waals surface area contributed by atoms with E-state index in [1.54, 1.807) is 31.5 Å². The number of halogens is 4. The Morgan fingerprint density at radius 3 is 2.55 bits per heavy atom. The van der Waals surface area contributed by atoms with Crippen LogP contribution < -0.4 is 5.73 Å². The third-order valence-electron chi connectivity index (χ3n) is 6.20. The van der Waals surface area contributed by atoms with Gasteiger partial charge in [-0.3, -0.25) is 4.79 Å². The zero-order chi connectivity index (χ0) is 22.8. The van der Waals surface area contributed by atoms with Gasteiger partial charge in [0, 0.05) is 44.9 Å². The molecule has 0 saturated carbocycles. The molecule has 2 aromatic carbocycles. The summed E-state index contributed by atoms with van der Waals surface area (Å²) < 4.78 is 21.5. The number of ether oxygens (including phenoxy) is 1. The molecule has 33 heavy (non-hydrogen) atoms. The zero-order valence-corrected chi connectivity index (χ0v) is 20.6. The average molecular weight is 515 g/mol. The van der Waals surface area contributed by atoms with Crippen molar-refractivity contribution in [3.05, 3.63) is 69.1 Å².